The number of benzene rings is 1. The van der Waals surface area contributed by atoms with E-state index in [9.17, 15) is 16.8 Å². The summed E-state index contributed by atoms with van der Waals surface area (Å²) in [6.45, 7) is 1.84. The van der Waals surface area contributed by atoms with Crippen molar-refractivity contribution in [1.29, 1.82) is 0 Å². The molecule has 0 saturated carbocycles. The van der Waals surface area contributed by atoms with Gasteiger partial charge in [-0.3, -0.25) is 4.55 Å². The van der Waals surface area contributed by atoms with Gasteiger partial charge in [0.2, 0.25) is 0 Å². The number of rotatable bonds is 5. The molecule has 0 saturated heterocycles. The zero-order valence-corrected chi connectivity index (χ0v) is 12.8. The minimum absolute atomic E-state index is 0.0493. The summed E-state index contributed by atoms with van der Waals surface area (Å²) in [5.41, 5.74) is 0.922. The topological polar surface area (TPSA) is 106 Å². The monoisotopic (exact) mass is 330 g/mol. The first-order valence-corrected chi connectivity index (χ1v) is 9.05. The molecule has 0 bridgehead atoms. The lowest BCUT2D eigenvalue weighted by Gasteiger charge is -2.09. The molecule has 0 aliphatic carbocycles. The molecular weight excluding hydrogens is 316 g/mol. The van der Waals surface area contributed by atoms with Crippen molar-refractivity contribution < 1.29 is 21.4 Å². The van der Waals surface area contributed by atoms with Gasteiger partial charge in [-0.1, -0.05) is 17.7 Å². The third-order valence-corrected chi connectivity index (χ3v) is 5.28. The quantitative estimate of drug-likeness (QED) is 0.815. The van der Waals surface area contributed by atoms with Crippen LogP contribution in [0, 0.1) is 6.92 Å². The Bertz CT molecular complexity index is 836. The molecule has 114 valence electrons. The molecule has 0 fully saturated rings. The predicted molar refractivity (Wildman–Crippen MR) is 76.1 cm³/mol. The van der Waals surface area contributed by atoms with E-state index in [4.69, 9.17) is 4.55 Å². The molecule has 9 heteroatoms. The fourth-order valence-corrected chi connectivity index (χ4v) is 3.54. The molecule has 21 heavy (non-hydrogen) atoms. The average molecular weight is 330 g/mol. The highest BCUT2D eigenvalue weighted by Gasteiger charge is 2.20. The molecule has 1 heterocycles. The van der Waals surface area contributed by atoms with Crippen molar-refractivity contribution in [3.05, 3.63) is 48.0 Å². The van der Waals surface area contributed by atoms with Crippen LogP contribution >= 0.6 is 0 Å². The zero-order valence-electron chi connectivity index (χ0n) is 11.2. The Labute approximate surface area is 123 Å². The molecule has 0 aliphatic rings. The van der Waals surface area contributed by atoms with E-state index in [-0.39, 0.29) is 17.1 Å². The molecule has 0 aliphatic heterocycles. The maximum absolute atomic E-state index is 12.5. The van der Waals surface area contributed by atoms with Gasteiger partial charge in [0, 0.05) is 18.8 Å². The van der Waals surface area contributed by atoms with Crippen LogP contribution in [0.2, 0.25) is 0 Å². The van der Waals surface area contributed by atoms with E-state index in [1.807, 2.05) is 6.92 Å². The number of aromatic nitrogens is 2. The molecule has 0 spiro atoms. The SMILES string of the molecule is Cc1ccc(S(=O)(=O)n2ccnc2CCS(=O)(=O)O)cc1. The van der Waals surface area contributed by atoms with Gasteiger partial charge in [0.1, 0.15) is 5.82 Å². The van der Waals surface area contributed by atoms with E-state index in [1.165, 1.54) is 24.5 Å². The number of hydrogen-bond donors (Lipinski definition) is 1. The van der Waals surface area contributed by atoms with E-state index in [0.29, 0.717) is 0 Å². The third-order valence-electron chi connectivity index (χ3n) is 2.84. The molecule has 2 rings (SSSR count). The molecule has 7 nitrogen and oxygen atoms in total. The lowest BCUT2D eigenvalue weighted by atomic mass is 10.2. The third kappa shape index (κ3) is 3.69. The molecule has 0 atom stereocenters. The van der Waals surface area contributed by atoms with Gasteiger partial charge in [0.25, 0.3) is 20.1 Å². The van der Waals surface area contributed by atoms with E-state index < -0.39 is 25.9 Å². The van der Waals surface area contributed by atoms with E-state index in [0.717, 1.165) is 9.54 Å². The van der Waals surface area contributed by atoms with Crippen molar-refractivity contribution >= 4 is 20.1 Å². The van der Waals surface area contributed by atoms with Crippen LogP contribution in [0.4, 0.5) is 0 Å². The number of aryl methyl sites for hydroxylation is 2. The van der Waals surface area contributed by atoms with E-state index in [2.05, 4.69) is 4.98 Å². The predicted octanol–water partition coefficient (Wildman–Crippen LogP) is 0.859. The number of imidazole rings is 1. The van der Waals surface area contributed by atoms with Crippen LogP contribution in [0.1, 0.15) is 11.4 Å². The minimum atomic E-state index is -4.18. The number of nitrogens with zero attached hydrogens (tertiary/aromatic N) is 2. The Morgan fingerprint density at radius 1 is 1.14 bits per heavy atom. The molecule has 0 amide bonds. The highest BCUT2D eigenvalue weighted by Crippen LogP contribution is 2.16. The van der Waals surface area contributed by atoms with Crippen LogP contribution in [0.15, 0.2) is 41.6 Å². The van der Waals surface area contributed by atoms with Gasteiger partial charge >= 0.3 is 0 Å². The Kier molecular flexibility index (Phi) is 4.17. The fraction of sp³-hybridized carbons (Fsp3) is 0.250. The van der Waals surface area contributed by atoms with Crippen molar-refractivity contribution in [2.45, 2.75) is 18.2 Å². The van der Waals surface area contributed by atoms with Gasteiger partial charge in [-0.2, -0.15) is 8.42 Å². The van der Waals surface area contributed by atoms with Gasteiger partial charge in [-0.25, -0.2) is 17.4 Å². The molecular formula is C12H14N2O5S2. The van der Waals surface area contributed by atoms with Gasteiger partial charge in [0.15, 0.2) is 0 Å². The summed E-state index contributed by atoms with van der Waals surface area (Å²) >= 11 is 0. The molecule has 1 N–H and O–H groups in total. The van der Waals surface area contributed by atoms with Crippen molar-refractivity contribution in [1.82, 2.24) is 8.96 Å². The van der Waals surface area contributed by atoms with Crippen molar-refractivity contribution in [2.24, 2.45) is 0 Å². The van der Waals surface area contributed by atoms with Crippen LogP contribution in [-0.2, 0) is 26.6 Å². The molecule has 2 aromatic rings. The average Bonchev–Trinajstić information content (AvgIpc) is 2.85. The van der Waals surface area contributed by atoms with E-state index >= 15 is 0 Å². The van der Waals surface area contributed by atoms with Crippen molar-refractivity contribution in [2.75, 3.05) is 5.75 Å². The first-order chi connectivity index (χ1) is 9.70. The summed E-state index contributed by atoms with van der Waals surface area (Å²) in [5, 5.41) is 0. The molecule has 1 aromatic carbocycles. The summed E-state index contributed by atoms with van der Waals surface area (Å²) in [5.74, 6) is -0.541. The Morgan fingerprint density at radius 3 is 2.33 bits per heavy atom. The smallest absolute Gasteiger partial charge is 0.269 e. The normalized spacial score (nSPS) is 12.5. The zero-order chi connectivity index (χ0) is 15.7. The fourth-order valence-electron chi connectivity index (χ4n) is 1.76. The highest BCUT2D eigenvalue weighted by atomic mass is 32.2. The maximum Gasteiger partial charge on any atom is 0.269 e. The minimum Gasteiger partial charge on any atom is -0.286 e. The number of hydrogen-bond acceptors (Lipinski definition) is 5. The Hall–Kier alpha value is -1.71. The van der Waals surface area contributed by atoms with E-state index in [1.54, 1.807) is 12.1 Å². The Morgan fingerprint density at radius 2 is 1.76 bits per heavy atom. The van der Waals surface area contributed by atoms with Crippen LogP contribution in [0.3, 0.4) is 0 Å². The maximum atomic E-state index is 12.5. The summed E-state index contributed by atoms with van der Waals surface area (Å²) in [6, 6.07) is 6.28. The van der Waals surface area contributed by atoms with Crippen LogP contribution in [0.5, 0.6) is 0 Å². The lowest BCUT2D eigenvalue weighted by molar-refractivity contribution is 0.482. The summed E-state index contributed by atoms with van der Waals surface area (Å²) < 4.78 is 56.1. The van der Waals surface area contributed by atoms with Crippen LogP contribution in [-0.4, -0.2) is 36.1 Å². The second-order valence-electron chi connectivity index (χ2n) is 4.49. The van der Waals surface area contributed by atoms with Crippen LogP contribution < -0.4 is 0 Å². The standard InChI is InChI=1S/C12H14N2O5S2/c1-10-2-4-11(5-3-10)21(18,19)14-8-7-13-12(14)6-9-20(15,16)17/h2-5,7-8H,6,9H2,1H3,(H,15,16,17). The second kappa shape index (κ2) is 5.58. The summed E-state index contributed by atoms with van der Waals surface area (Å²) in [6.07, 6.45) is 2.32. The van der Waals surface area contributed by atoms with Crippen LogP contribution in [0.25, 0.3) is 0 Å². The first-order valence-electron chi connectivity index (χ1n) is 6.00. The molecule has 0 unspecified atom stereocenters. The lowest BCUT2D eigenvalue weighted by Crippen LogP contribution is -2.18. The van der Waals surface area contributed by atoms with Gasteiger partial charge in [-0.05, 0) is 19.1 Å². The largest absolute Gasteiger partial charge is 0.286 e. The summed E-state index contributed by atoms with van der Waals surface area (Å²) in [7, 11) is -8.01. The molecule has 1 aromatic heterocycles. The Balaban J connectivity index is 2.38. The molecule has 0 radical (unpaired) electrons. The highest BCUT2D eigenvalue weighted by molar-refractivity contribution is 7.90. The summed E-state index contributed by atoms with van der Waals surface area (Å²) in [4.78, 5) is 3.92. The van der Waals surface area contributed by atoms with Gasteiger partial charge in [-0.15, -0.1) is 0 Å². The van der Waals surface area contributed by atoms with Gasteiger partial charge < -0.3 is 0 Å². The van der Waals surface area contributed by atoms with Crippen molar-refractivity contribution in [3.8, 4) is 0 Å². The first kappa shape index (κ1) is 15.7. The van der Waals surface area contributed by atoms with Gasteiger partial charge in [0.05, 0.1) is 10.6 Å². The second-order valence-corrected chi connectivity index (χ2v) is 7.88. The van der Waals surface area contributed by atoms with Crippen molar-refractivity contribution in [3.63, 3.8) is 0 Å².